The van der Waals surface area contributed by atoms with Gasteiger partial charge in [0, 0.05) is 5.69 Å². The molecule has 2 heterocycles. The lowest BCUT2D eigenvalue weighted by Gasteiger charge is -2.01. The van der Waals surface area contributed by atoms with Crippen molar-refractivity contribution < 1.29 is 0 Å². The second-order valence-corrected chi connectivity index (χ2v) is 3.40. The van der Waals surface area contributed by atoms with E-state index in [-0.39, 0.29) is 0 Å². The summed E-state index contributed by atoms with van der Waals surface area (Å²) in [7, 11) is 0. The summed E-state index contributed by atoms with van der Waals surface area (Å²) in [5.74, 6) is 0.867. The largest absolute Gasteiger partial charge is 0.369 e. The Kier molecular flexibility index (Phi) is 1.69. The lowest BCUT2D eigenvalue weighted by molar-refractivity contribution is 0.825. The van der Waals surface area contributed by atoms with Crippen LogP contribution < -0.4 is 5.73 Å². The van der Waals surface area contributed by atoms with Gasteiger partial charge in [-0.3, -0.25) is 4.98 Å². The standard InChI is InChI=1S/C9H12N4/c1-5(2)6-3-7-8(4-11-6)13-9(10)12-7/h3-5H,1-2H3,(H3,10,12,13). The summed E-state index contributed by atoms with van der Waals surface area (Å²) in [6.07, 6.45) is 1.75. The van der Waals surface area contributed by atoms with Crippen molar-refractivity contribution >= 4 is 17.0 Å². The Morgan fingerprint density at radius 2 is 2.23 bits per heavy atom. The van der Waals surface area contributed by atoms with Crippen LogP contribution in [0.2, 0.25) is 0 Å². The van der Waals surface area contributed by atoms with Crippen molar-refractivity contribution in [2.45, 2.75) is 19.8 Å². The van der Waals surface area contributed by atoms with E-state index in [1.807, 2.05) is 6.07 Å². The van der Waals surface area contributed by atoms with E-state index in [1.54, 1.807) is 6.20 Å². The van der Waals surface area contributed by atoms with Gasteiger partial charge >= 0.3 is 0 Å². The summed E-state index contributed by atoms with van der Waals surface area (Å²) in [5.41, 5.74) is 8.35. The van der Waals surface area contributed by atoms with Gasteiger partial charge in [0.15, 0.2) is 5.95 Å². The van der Waals surface area contributed by atoms with E-state index in [9.17, 15) is 0 Å². The van der Waals surface area contributed by atoms with E-state index < -0.39 is 0 Å². The zero-order valence-corrected chi connectivity index (χ0v) is 7.70. The molecule has 4 nitrogen and oxygen atoms in total. The number of imidazole rings is 1. The molecule has 0 aromatic carbocycles. The normalized spacial score (nSPS) is 11.3. The molecule has 2 aromatic heterocycles. The van der Waals surface area contributed by atoms with Gasteiger partial charge in [-0.15, -0.1) is 0 Å². The molecule has 0 aliphatic rings. The predicted octanol–water partition coefficient (Wildman–Crippen LogP) is 1.66. The Labute approximate surface area is 76.2 Å². The predicted molar refractivity (Wildman–Crippen MR) is 52.4 cm³/mol. The monoisotopic (exact) mass is 176 g/mol. The fourth-order valence-corrected chi connectivity index (χ4v) is 1.26. The van der Waals surface area contributed by atoms with Crippen LogP contribution in [0.15, 0.2) is 12.3 Å². The highest BCUT2D eigenvalue weighted by Crippen LogP contribution is 2.17. The fraction of sp³-hybridized carbons (Fsp3) is 0.333. The number of fused-ring (bicyclic) bond motifs is 1. The zero-order valence-electron chi connectivity index (χ0n) is 7.70. The number of nitrogen functional groups attached to an aromatic ring is 1. The van der Waals surface area contributed by atoms with Gasteiger partial charge in [0.2, 0.25) is 0 Å². The number of hydrogen-bond donors (Lipinski definition) is 2. The number of nitrogens with two attached hydrogens (primary N) is 1. The summed E-state index contributed by atoms with van der Waals surface area (Å²) in [5, 5.41) is 0. The van der Waals surface area contributed by atoms with E-state index in [4.69, 9.17) is 5.73 Å². The Balaban J connectivity index is 2.61. The third kappa shape index (κ3) is 1.35. The SMILES string of the molecule is CC(C)c1cc2[nH]c(N)nc2cn1. The summed E-state index contributed by atoms with van der Waals surface area (Å²) >= 11 is 0. The third-order valence-corrected chi connectivity index (χ3v) is 2.00. The molecule has 0 saturated carbocycles. The average Bonchev–Trinajstić information content (AvgIpc) is 2.42. The van der Waals surface area contributed by atoms with Gasteiger partial charge in [0.25, 0.3) is 0 Å². The Bertz CT molecular complexity index is 430. The van der Waals surface area contributed by atoms with Gasteiger partial charge in [-0.1, -0.05) is 13.8 Å². The van der Waals surface area contributed by atoms with Crippen molar-refractivity contribution in [2.24, 2.45) is 0 Å². The van der Waals surface area contributed by atoms with Crippen LogP contribution in [0.3, 0.4) is 0 Å². The molecule has 0 aliphatic heterocycles. The minimum Gasteiger partial charge on any atom is -0.369 e. The van der Waals surface area contributed by atoms with Crippen LogP contribution in [0, 0.1) is 0 Å². The molecule has 0 unspecified atom stereocenters. The first-order valence-electron chi connectivity index (χ1n) is 4.28. The first-order valence-corrected chi connectivity index (χ1v) is 4.28. The van der Waals surface area contributed by atoms with Crippen molar-refractivity contribution in [3.8, 4) is 0 Å². The highest BCUT2D eigenvalue weighted by Gasteiger charge is 2.04. The number of aromatic amines is 1. The number of hydrogen-bond acceptors (Lipinski definition) is 3. The Morgan fingerprint density at radius 1 is 1.46 bits per heavy atom. The van der Waals surface area contributed by atoms with E-state index in [2.05, 4.69) is 28.8 Å². The number of nitrogens with zero attached hydrogens (tertiary/aromatic N) is 2. The molecule has 3 N–H and O–H groups in total. The van der Waals surface area contributed by atoms with Crippen molar-refractivity contribution in [3.05, 3.63) is 18.0 Å². The van der Waals surface area contributed by atoms with Crippen LogP contribution in [0.4, 0.5) is 5.95 Å². The van der Waals surface area contributed by atoms with Crippen LogP contribution in [-0.4, -0.2) is 15.0 Å². The molecule has 2 rings (SSSR count). The number of H-pyrrole nitrogens is 1. The van der Waals surface area contributed by atoms with E-state index in [0.29, 0.717) is 11.9 Å². The third-order valence-electron chi connectivity index (χ3n) is 2.00. The minimum absolute atomic E-state index is 0.425. The zero-order chi connectivity index (χ0) is 9.42. The van der Waals surface area contributed by atoms with Crippen LogP contribution in [-0.2, 0) is 0 Å². The molecule has 0 amide bonds. The quantitative estimate of drug-likeness (QED) is 0.694. The molecule has 0 radical (unpaired) electrons. The van der Waals surface area contributed by atoms with E-state index >= 15 is 0 Å². The Hall–Kier alpha value is -1.58. The molecule has 0 saturated heterocycles. The van der Waals surface area contributed by atoms with Crippen molar-refractivity contribution in [1.82, 2.24) is 15.0 Å². The van der Waals surface area contributed by atoms with Crippen LogP contribution in [0.5, 0.6) is 0 Å². The first-order chi connectivity index (χ1) is 6.16. The molecule has 0 aliphatic carbocycles. The van der Waals surface area contributed by atoms with E-state index in [0.717, 1.165) is 16.7 Å². The summed E-state index contributed by atoms with van der Waals surface area (Å²) in [6.45, 7) is 4.21. The van der Waals surface area contributed by atoms with Crippen molar-refractivity contribution in [3.63, 3.8) is 0 Å². The van der Waals surface area contributed by atoms with Crippen LogP contribution in [0.25, 0.3) is 11.0 Å². The fourth-order valence-electron chi connectivity index (χ4n) is 1.26. The van der Waals surface area contributed by atoms with Crippen molar-refractivity contribution in [2.75, 3.05) is 5.73 Å². The molecule has 68 valence electrons. The van der Waals surface area contributed by atoms with Gasteiger partial charge in [-0.05, 0) is 12.0 Å². The molecule has 0 atom stereocenters. The van der Waals surface area contributed by atoms with E-state index in [1.165, 1.54) is 0 Å². The molecule has 13 heavy (non-hydrogen) atoms. The van der Waals surface area contributed by atoms with Gasteiger partial charge < -0.3 is 10.7 Å². The molecule has 0 bridgehead atoms. The Morgan fingerprint density at radius 3 is 2.92 bits per heavy atom. The average molecular weight is 176 g/mol. The second-order valence-electron chi connectivity index (χ2n) is 3.40. The van der Waals surface area contributed by atoms with Crippen LogP contribution in [0.1, 0.15) is 25.5 Å². The molecule has 4 heteroatoms. The second kappa shape index (κ2) is 2.73. The molecule has 0 fully saturated rings. The first kappa shape index (κ1) is 8.04. The summed E-state index contributed by atoms with van der Waals surface area (Å²) < 4.78 is 0. The number of aromatic nitrogens is 3. The van der Waals surface area contributed by atoms with Crippen molar-refractivity contribution in [1.29, 1.82) is 0 Å². The maximum Gasteiger partial charge on any atom is 0.198 e. The highest BCUT2D eigenvalue weighted by molar-refractivity contribution is 5.76. The minimum atomic E-state index is 0.425. The van der Waals surface area contributed by atoms with Gasteiger partial charge in [-0.25, -0.2) is 4.98 Å². The van der Waals surface area contributed by atoms with Gasteiger partial charge in [-0.2, -0.15) is 0 Å². The van der Waals surface area contributed by atoms with Crippen LogP contribution >= 0.6 is 0 Å². The highest BCUT2D eigenvalue weighted by atomic mass is 15.0. The molecular weight excluding hydrogens is 164 g/mol. The lowest BCUT2D eigenvalue weighted by Crippen LogP contribution is -1.91. The maximum absolute atomic E-state index is 5.52. The molecule has 2 aromatic rings. The number of rotatable bonds is 1. The number of anilines is 1. The topological polar surface area (TPSA) is 67.6 Å². The number of nitrogens with one attached hydrogen (secondary N) is 1. The van der Waals surface area contributed by atoms with Gasteiger partial charge in [0.05, 0.1) is 11.7 Å². The molecular formula is C9H12N4. The van der Waals surface area contributed by atoms with Gasteiger partial charge in [0.1, 0.15) is 5.52 Å². The summed E-state index contributed by atoms with van der Waals surface area (Å²) in [4.78, 5) is 11.3. The molecule has 0 spiro atoms. The smallest absolute Gasteiger partial charge is 0.198 e. The maximum atomic E-state index is 5.52. The summed E-state index contributed by atoms with van der Waals surface area (Å²) in [6, 6.07) is 1.99. The lowest BCUT2D eigenvalue weighted by atomic mass is 10.1. The number of pyridine rings is 1.